The highest BCUT2D eigenvalue weighted by atomic mass is 32.2. The van der Waals surface area contributed by atoms with Gasteiger partial charge in [0.2, 0.25) is 0 Å². The summed E-state index contributed by atoms with van der Waals surface area (Å²) < 4.78 is 0.361. The lowest BCUT2D eigenvalue weighted by molar-refractivity contribution is 0.379. The highest BCUT2D eigenvalue weighted by Crippen LogP contribution is 2.42. The van der Waals surface area contributed by atoms with E-state index in [2.05, 4.69) is 21.5 Å². The minimum absolute atomic E-state index is 0.361. The summed E-state index contributed by atoms with van der Waals surface area (Å²) in [5.41, 5.74) is 7.70. The molecule has 3 rings (SSSR count). The van der Waals surface area contributed by atoms with Gasteiger partial charge in [0.1, 0.15) is 0 Å². The van der Waals surface area contributed by atoms with E-state index in [-0.39, 0.29) is 0 Å². The fourth-order valence-corrected chi connectivity index (χ4v) is 3.33. The van der Waals surface area contributed by atoms with Crippen molar-refractivity contribution in [2.45, 2.75) is 24.0 Å². The number of nitrogens with zero attached hydrogens (tertiary/aromatic N) is 2. The van der Waals surface area contributed by atoms with Crippen LogP contribution in [0.4, 0.5) is 11.6 Å². The van der Waals surface area contributed by atoms with E-state index < -0.39 is 0 Å². The van der Waals surface area contributed by atoms with Crippen LogP contribution in [0, 0.1) is 0 Å². The number of fused-ring (bicyclic) bond motifs is 1. The first-order valence-corrected chi connectivity index (χ1v) is 7.76. The molecule has 1 fully saturated rings. The lowest BCUT2D eigenvalue weighted by Gasteiger charge is -2.40. The Morgan fingerprint density at radius 2 is 1.95 bits per heavy atom. The molecule has 1 saturated carbocycles. The van der Waals surface area contributed by atoms with Crippen molar-refractivity contribution >= 4 is 34.4 Å². The fourth-order valence-electron chi connectivity index (χ4n) is 2.41. The van der Waals surface area contributed by atoms with Crippen LogP contribution in [0.2, 0.25) is 0 Å². The van der Waals surface area contributed by atoms with Crippen LogP contribution >= 0.6 is 11.8 Å². The molecule has 4 nitrogen and oxygen atoms in total. The van der Waals surface area contributed by atoms with Crippen molar-refractivity contribution in [3.8, 4) is 0 Å². The van der Waals surface area contributed by atoms with Crippen molar-refractivity contribution in [2.75, 3.05) is 23.9 Å². The Hall–Kier alpha value is -1.49. The highest BCUT2D eigenvalue weighted by Gasteiger charge is 2.36. The molecule has 19 heavy (non-hydrogen) atoms. The molecule has 0 bridgehead atoms. The summed E-state index contributed by atoms with van der Waals surface area (Å²) >= 11 is 1.94. The predicted octanol–water partition coefficient (Wildman–Crippen LogP) is 2.91. The lowest BCUT2D eigenvalue weighted by Crippen LogP contribution is -2.40. The first-order chi connectivity index (χ1) is 9.22. The van der Waals surface area contributed by atoms with Gasteiger partial charge in [-0.3, -0.25) is 0 Å². The molecule has 2 aromatic rings. The molecular weight excluding hydrogens is 256 g/mol. The van der Waals surface area contributed by atoms with E-state index in [4.69, 9.17) is 5.73 Å². The van der Waals surface area contributed by atoms with Crippen LogP contribution in [0.3, 0.4) is 0 Å². The van der Waals surface area contributed by atoms with E-state index in [9.17, 15) is 0 Å². The standard InChI is InChI=1S/C14H18N4S/c1-19-14(7-4-8-14)9-16-13-12(15)17-10-5-2-3-6-11(10)18-13/h2-3,5-6H,4,7-9H2,1H3,(H2,15,17)(H,16,18). The van der Waals surface area contributed by atoms with Crippen LogP contribution in [0.25, 0.3) is 11.0 Å². The van der Waals surface area contributed by atoms with E-state index in [1.807, 2.05) is 36.0 Å². The minimum Gasteiger partial charge on any atom is -0.381 e. The molecule has 1 aliphatic rings. The van der Waals surface area contributed by atoms with E-state index in [1.165, 1.54) is 19.3 Å². The molecule has 0 unspecified atom stereocenters. The number of rotatable bonds is 4. The molecule has 0 aliphatic heterocycles. The van der Waals surface area contributed by atoms with Crippen LogP contribution in [0.1, 0.15) is 19.3 Å². The van der Waals surface area contributed by atoms with Crippen molar-refractivity contribution < 1.29 is 0 Å². The summed E-state index contributed by atoms with van der Waals surface area (Å²) in [6.07, 6.45) is 6.03. The molecule has 0 radical (unpaired) electrons. The van der Waals surface area contributed by atoms with Crippen molar-refractivity contribution in [1.29, 1.82) is 0 Å². The Morgan fingerprint density at radius 1 is 1.26 bits per heavy atom. The number of benzene rings is 1. The molecule has 0 spiro atoms. The first-order valence-electron chi connectivity index (χ1n) is 6.54. The maximum absolute atomic E-state index is 5.97. The number of aromatic nitrogens is 2. The summed E-state index contributed by atoms with van der Waals surface area (Å²) in [6, 6.07) is 7.80. The number of anilines is 2. The number of para-hydroxylation sites is 2. The number of nitrogen functional groups attached to an aromatic ring is 1. The number of hydrogen-bond donors (Lipinski definition) is 2. The Morgan fingerprint density at radius 3 is 2.53 bits per heavy atom. The van der Waals surface area contributed by atoms with Gasteiger partial charge in [0.15, 0.2) is 11.6 Å². The van der Waals surface area contributed by atoms with Crippen LogP contribution in [-0.4, -0.2) is 27.5 Å². The average Bonchev–Trinajstić information content (AvgIpc) is 2.38. The van der Waals surface area contributed by atoms with Crippen LogP contribution < -0.4 is 11.1 Å². The minimum atomic E-state index is 0.361. The summed E-state index contributed by atoms with van der Waals surface area (Å²) in [6.45, 7) is 0.908. The molecule has 0 saturated heterocycles. The molecule has 5 heteroatoms. The van der Waals surface area contributed by atoms with Gasteiger partial charge in [-0.15, -0.1) is 0 Å². The quantitative estimate of drug-likeness (QED) is 0.897. The number of thioether (sulfide) groups is 1. The molecule has 100 valence electrons. The SMILES string of the molecule is CSC1(CNc2nc3ccccc3nc2N)CCC1. The summed E-state index contributed by atoms with van der Waals surface area (Å²) in [4.78, 5) is 8.95. The van der Waals surface area contributed by atoms with Crippen molar-refractivity contribution in [1.82, 2.24) is 9.97 Å². The molecule has 1 aliphatic carbocycles. The zero-order chi connectivity index (χ0) is 13.3. The van der Waals surface area contributed by atoms with Gasteiger partial charge in [0.05, 0.1) is 11.0 Å². The summed E-state index contributed by atoms with van der Waals surface area (Å²) in [5.74, 6) is 1.19. The zero-order valence-electron chi connectivity index (χ0n) is 11.0. The van der Waals surface area contributed by atoms with Gasteiger partial charge in [-0.2, -0.15) is 11.8 Å². The van der Waals surface area contributed by atoms with Gasteiger partial charge in [0, 0.05) is 11.3 Å². The Balaban J connectivity index is 1.82. The Kier molecular flexibility index (Phi) is 3.22. The van der Waals surface area contributed by atoms with E-state index in [1.54, 1.807) is 0 Å². The summed E-state index contributed by atoms with van der Waals surface area (Å²) in [5, 5.41) is 3.38. The predicted molar refractivity (Wildman–Crippen MR) is 82.5 cm³/mol. The number of nitrogens with one attached hydrogen (secondary N) is 1. The van der Waals surface area contributed by atoms with E-state index in [0.717, 1.165) is 17.6 Å². The molecule has 1 heterocycles. The molecule has 1 aromatic carbocycles. The topological polar surface area (TPSA) is 63.8 Å². The second-order valence-corrected chi connectivity index (χ2v) is 6.31. The van der Waals surface area contributed by atoms with Gasteiger partial charge in [0.25, 0.3) is 0 Å². The van der Waals surface area contributed by atoms with Crippen LogP contribution in [0.15, 0.2) is 24.3 Å². The lowest BCUT2D eigenvalue weighted by atomic mass is 9.84. The fraction of sp³-hybridized carbons (Fsp3) is 0.429. The maximum Gasteiger partial charge on any atom is 0.169 e. The van der Waals surface area contributed by atoms with E-state index in [0.29, 0.717) is 16.4 Å². The molecule has 1 aromatic heterocycles. The van der Waals surface area contributed by atoms with Gasteiger partial charge < -0.3 is 11.1 Å². The van der Waals surface area contributed by atoms with Crippen molar-refractivity contribution in [3.63, 3.8) is 0 Å². The normalized spacial score (nSPS) is 17.1. The van der Waals surface area contributed by atoms with Crippen molar-refractivity contribution in [2.24, 2.45) is 0 Å². The molecule has 0 atom stereocenters. The molecule has 3 N–H and O–H groups in total. The van der Waals surface area contributed by atoms with E-state index >= 15 is 0 Å². The third-order valence-corrected chi connectivity index (χ3v) is 5.29. The molecular formula is C14H18N4S. The maximum atomic E-state index is 5.97. The second kappa shape index (κ2) is 4.89. The number of nitrogens with two attached hydrogens (primary N) is 1. The third-order valence-electron chi connectivity index (χ3n) is 3.87. The van der Waals surface area contributed by atoms with Gasteiger partial charge >= 0.3 is 0 Å². The van der Waals surface area contributed by atoms with Crippen LogP contribution in [0.5, 0.6) is 0 Å². The Bertz CT molecular complexity index is 590. The van der Waals surface area contributed by atoms with Gasteiger partial charge in [-0.05, 0) is 31.2 Å². The molecule has 0 amide bonds. The first kappa shape index (κ1) is 12.5. The zero-order valence-corrected chi connectivity index (χ0v) is 11.8. The smallest absolute Gasteiger partial charge is 0.169 e. The van der Waals surface area contributed by atoms with Crippen LogP contribution in [-0.2, 0) is 0 Å². The Labute approximate surface area is 117 Å². The third kappa shape index (κ3) is 2.34. The van der Waals surface area contributed by atoms with Gasteiger partial charge in [-0.1, -0.05) is 18.6 Å². The summed E-state index contributed by atoms with van der Waals surface area (Å²) in [7, 11) is 0. The average molecular weight is 274 g/mol. The largest absolute Gasteiger partial charge is 0.381 e. The van der Waals surface area contributed by atoms with Crippen molar-refractivity contribution in [3.05, 3.63) is 24.3 Å². The number of hydrogen-bond acceptors (Lipinski definition) is 5. The van der Waals surface area contributed by atoms with Gasteiger partial charge in [-0.25, -0.2) is 9.97 Å². The second-order valence-electron chi connectivity index (χ2n) is 5.04. The monoisotopic (exact) mass is 274 g/mol. The highest BCUT2D eigenvalue weighted by molar-refractivity contribution is 8.00.